The lowest BCUT2D eigenvalue weighted by Gasteiger charge is -2.08. The summed E-state index contributed by atoms with van der Waals surface area (Å²) in [6, 6.07) is 11.6. The van der Waals surface area contributed by atoms with Gasteiger partial charge in [-0.2, -0.15) is 27.1 Å². The van der Waals surface area contributed by atoms with Gasteiger partial charge in [-0.05, 0) is 67.9 Å². The van der Waals surface area contributed by atoms with Crippen molar-refractivity contribution >= 4 is 15.7 Å². The second-order valence-electron chi connectivity index (χ2n) is 5.10. The van der Waals surface area contributed by atoms with Gasteiger partial charge >= 0.3 is 6.61 Å². The van der Waals surface area contributed by atoms with Crippen LogP contribution in [0.2, 0.25) is 0 Å². The van der Waals surface area contributed by atoms with Crippen LogP contribution in [0, 0.1) is 0 Å². The van der Waals surface area contributed by atoms with Gasteiger partial charge < -0.3 is 9.47 Å². The van der Waals surface area contributed by atoms with Gasteiger partial charge in [0.05, 0.1) is 17.2 Å². The van der Waals surface area contributed by atoms with Crippen molar-refractivity contribution < 1.29 is 26.7 Å². The average Bonchev–Trinajstić information content (AvgIpc) is 2.61. The van der Waals surface area contributed by atoms with E-state index in [2.05, 4.69) is 14.7 Å². The summed E-state index contributed by atoms with van der Waals surface area (Å²) in [4.78, 5) is 2.18. The number of nitrogens with zero attached hydrogens (tertiary/aromatic N) is 1. The number of benzene rings is 2. The molecule has 0 aliphatic heterocycles. The molecule has 2 aromatic rings. The highest BCUT2D eigenvalue weighted by Gasteiger charge is 2.13. The number of ether oxygens (including phenoxy) is 2. The number of nitrogens with one attached hydrogen (secondary N) is 1. The zero-order valence-electron chi connectivity index (χ0n) is 14.1. The number of halogens is 2. The van der Waals surface area contributed by atoms with E-state index in [9.17, 15) is 17.2 Å². The highest BCUT2D eigenvalue weighted by Crippen LogP contribution is 2.17. The highest BCUT2D eigenvalue weighted by atomic mass is 32.2. The Hall–Kier alpha value is -2.68. The Morgan fingerprint density at radius 2 is 1.65 bits per heavy atom. The molecule has 26 heavy (non-hydrogen) atoms. The predicted octanol–water partition coefficient (Wildman–Crippen LogP) is 3.39. The molecule has 0 aromatic heterocycles. The first-order valence-electron chi connectivity index (χ1n) is 7.66. The standard InChI is InChI=1S/C17H18F2N2O4S/c1-3-24-14-8-10-16(11-9-14)26(22,23)21-20-12(2)13-4-6-15(7-5-13)25-17(18)19/h4-11,17,21H,3H2,1-2H3/b20-12-. The number of alkyl halides is 2. The summed E-state index contributed by atoms with van der Waals surface area (Å²) in [7, 11) is -3.84. The van der Waals surface area contributed by atoms with Crippen LogP contribution in [0.4, 0.5) is 8.78 Å². The molecular weight excluding hydrogens is 366 g/mol. The van der Waals surface area contributed by atoms with Crippen molar-refractivity contribution in [3.8, 4) is 11.5 Å². The maximum Gasteiger partial charge on any atom is 0.387 e. The van der Waals surface area contributed by atoms with Crippen LogP contribution in [-0.2, 0) is 10.0 Å². The molecular formula is C17H18F2N2O4S. The number of hydrogen-bond acceptors (Lipinski definition) is 5. The second-order valence-corrected chi connectivity index (χ2v) is 6.76. The molecule has 0 unspecified atom stereocenters. The van der Waals surface area contributed by atoms with E-state index in [0.29, 0.717) is 23.6 Å². The third kappa shape index (κ3) is 5.41. The topological polar surface area (TPSA) is 77.0 Å². The monoisotopic (exact) mass is 384 g/mol. The number of sulfonamides is 1. The SMILES string of the molecule is CCOc1ccc(S(=O)(=O)N/N=C(/C)c2ccc(OC(F)F)cc2)cc1. The summed E-state index contributed by atoms with van der Waals surface area (Å²) >= 11 is 0. The summed E-state index contributed by atoms with van der Waals surface area (Å²) in [6.07, 6.45) is 0. The Balaban J connectivity index is 2.08. The largest absolute Gasteiger partial charge is 0.494 e. The summed E-state index contributed by atoms with van der Waals surface area (Å²) in [5.74, 6) is 0.573. The van der Waals surface area contributed by atoms with Gasteiger partial charge in [-0.25, -0.2) is 0 Å². The van der Waals surface area contributed by atoms with Crippen molar-refractivity contribution in [1.82, 2.24) is 4.83 Å². The van der Waals surface area contributed by atoms with Gasteiger partial charge in [-0.1, -0.05) is 0 Å². The van der Waals surface area contributed by atoms with Crippen LogP contribution in [0.3, 0.4) is 0 Å². The first-order chi connectivity index (χ1) is 12.3. The lowest BCUT2D eigenvalue weighted by atomic mass is 10.1. The van der Waals surface area contributed by atoms with Crippen LogP contribution in [0.15, 0.2) is 58.5 Å². The predicted molar refractivity (Wildman–Crippen MR) is 93.2 cm³/mol. The lowest BCUT2D eigenvalue weighted by molar-refractivity contribution is -0.0498. The normalized spacial score (nSPS) is 12.1. The molecule has 0 bridgehead atoms. The van der Waals surface area contributed by atoms with E-state index >= 15 is 0 Å². The molecule has 0 saturated carbocycles. The Morgan fingerprint density at radius 3 is 2.19 bits per heavy atom. The fourth-order valence-electron chi connectivity index (χ4n) is 2.01. The Labute approximate surface area is 150 Å². The van der Waals surface area contributed by atoms with E-state index in [1.54, 1.807) is 19.1 Å². The number of rotatable bonds is 8. The van der Waals surface area contributed by atoms with Gasteiger partial charge in [-0.15, -0.1) is 0 Å². The van der Waals surface area contributed by atoms with Gasteiger partial charge in [0.1, 0.15) is 11.5 Å². The summed E-state index contributed by atoms with van der Waals surface area (Å²) < 4.78 is 58.3. The molecule has 0 atom stereocenters. The fourth-order valence-corrected chi connectivity index (χ4v) is 2.86. The number of hydrazone groups is 1. The maximum absolute atomic E-state index is 12.3. The first-order valence-corrected chi connectivity index (χ1v) is 9.14. The fraction of sp³-hybridized carbons (Fsp3) is 0.235. The van der Waals surface area contributed by atoms with Crippen molar-refractivity contribution in [2.75, 3.05) is 6.61 Å². The average molecular weight is 384 g/mol. The van der Waals surface area contributed by atoms with E-state index in [0.717, 1.165) is 0 Å². The third-order valence-corrected chi connectivity index (χ3v) is 4.50. The minimum Gasteiger partial charge on any atom is -0.494 e. The molecule has 0 aliphatic carbocycles. The van der Waals surface area contributed by atoms with Gasteiger partial charge in [-0.3, -0.25) is 0 Å². The van der Waals surface area contributed by atoms with Crippen LogP contribution < -0.4 is 14.3 Å². The highest BCUT2D eigenvalue weighted by molar-refractivity contribution is 7.89. The smallest absolute Gasteiger partial charge is 0.387 e. The first kappa shape index (κ1) is 19.6. The molecule has 1 N–H and O–H groups in total. The summed E-state index contributed by atoms with van der Waals surface area (Å²) in [5.41, 5.74) is 0.920. The molecule has 0 heterocycles. The van der Waals surface area contributed by atoms with E-state index < -0.39 is 16.6 Å². The molecule has 2 aromatic carbocycles. The zero-order valence-corrected chi connectivity index (χ0v) is 15.0. The zero-order chi connectivity index (χ0) is 19.2. The van der Waals surface area contributed by atoms with Gasteiger partial charge in [0.25, 0.3) is 10.0 Å². The van der Waals surface area contributed by atoms with E-state index in [1.165, 1.54) is 36.4 Å². The molecule has 0 radical (unpaired) electrons. The van der Waals surface area contributed by atoms with Gasteiger partial charge in [0.15, 0.2) is 0 Å². The molecule has 0 amide bonds. The van der Waals surface area contributed by atoms with Crippen LogP contribution in [0.1, 0.15) is 19.4 Å². The molecule has 2 rings (SSSR count). The summed E-state index contributed by atoms with van der Waals surface area (Å²) in [6.45, 7) is 0.991. The maximum atomic E-state index is 12.3. The molecule has 0 saturated heterocycles. The minimum atomic E-state index is -3.84. The Morgan fingerprint density at radius 1 is 1.08 bits per heavy atom. The molecule has 140 valence electrons. The second kappa shape index (κ2) is 8.61. The molecule has 6 nitrogen and oxygen atoms in total. The van der Waals surface area contributed by atoms with E-state index in [-0.39, 0.29) is 10.6 Å². The van der Waals surface area contributed by atoms with Crippen molar-refractivity contribution in [1.29, 1.82) is 0 Å². The van der Waals surface area contributed by atoms with Crippen molar-refractivity contribution in [2.45, 2.75) is 25.4 Å². The van der Waals surface area contributed by atoms with Crippen LogP contribution in [-0.4, -0.2) is 27.3 Å². The van der Waals surface area contributed by atoms with E-state index in [1.807, 2.05) is 6.92 Å². The van der Waals surface area contributed by atoms with Gasteiger partial charge in [0, 0.05) is 0 Å². The minimum absolute atomic E-state index is 0.00604. The van der Waals surface area contributed by atoms with Crippen molar-refractivity contribution in [2.24, 2.45) is 5.10 Å². The summed E-state index contributed by atoms with van der Waals surface area (Å²) in [5, 5.41) is 3.85. The van der Waals surface area contributed by atoms with Crippen molar-refractivity contribution in [3.63, 3.8) is 0 Å². The van der Waals surface area contributed by atoms with Crippen LogP contribution in [0.5, 0.6) is 11.5 Å². The van der Waals surface area contributed by atoms with Crippen LogP contribution in [0.25, 0.3) is 0 Å². The Kier molecular flexibility index (Phi) is 6.51. The quantitative estimate of drug-likeness (QED) is 0.559. The van der Waals surface area contributed by atoms with Gasteiger partial charge in [0.2, 0.25) is 0 Å². The van der Waals surface area contributed by atoms with E-state index in [4.69, 9.17) is 4.74 Å². The van der Waals surface area contributed by atoms with Crippen LogP contribution >= 0.6 is 0 Å². The Bertz CT molecular complexity index is 851. The molecule has 9 heteroatoms. The number of hydrogen-bond donors (Lipinski definition) is 1. The third-order valence-electron chi connectivity index (χ3n) is 3.28. The molecule has 0 spiro atoms. The lowest BCUT2D eigenvalue weighted by Crippen LogP contribution is -2.20. The van der Waals surface area contributed by atoms with Crippen molar-refractivity contribution in [3.05, 3.63) is 54.1 Å². The molecule has 0 aliphatic rings. The molecule has 0 fully saturated rings.